The SMILES string of the molecule is COCCn1ccc2c(NC(=O)[C@@H](Cc3cn(C)c4ccccc34)NC(=O)OC(C)(C)C)cccc21. The number of anilines is 1. The summed E-state index contributed by atoms with van der Waals surface area (Å²) in [6, 6.07) is 14.9. The Hall–Kier alpha value is -3.78. The molecular weight excluding hydrogens is 456 g/mol. The molecule has 0 bridgehead atoms. The van der Waals surface area contributed by atoms with E-state index in [1.165, 1.54) is 0 Å². The largest absolute Gasteiger partial charge is 0.444 e. The van der Waals surface area contributed by atoms with Crippen LogP contribution in [-0.2, 0) is 34.3 Å². The molecule has 0 aliphatic heterocycles. The minimum Gasteiger partial charge on any atom is -0.444 e. The van der Waals surface area contributed by atoms with E-state index in [4.69, 9.17) is 9.47 Å². The van der Waals surface area contributed by atoms with Crippen molar-refractivity contribution >= 4 is 39.5 Å². The molecule has 4 rings (SSSR count). The van der Waals surface area contributed by atoms with Gasteiger partial charge in [0.2, 0.25) is 5.91 Å². The summed E-state index contributed by atoms with van der Waals surface area (Å²) in [5, 5.41) is 7.79. The van der Waals surface area contributed by atoms with Crippen LogP contribution in [0.4, 0.5) is 10.5 Å². The molecule has 2 heterocycles. The van der Waals surface area contributed by atoms with Gasteiger partial charge in [0.1, 0.15) is 11.6 Å². The summed E-state index contributed by atoms with van der Waals surface area (Å²) in [7, 11) is 3.64. The normalized spacial score (nSPS) is 12.6. The molecular formula is C28H34N4O4. The molecule has 4 aromatic rings. The van der Waals surface area contributed by atoms with E-state index < -0.39 is 17.7 Å². The van der Waals surface area contributed by atoms with Crippen molar-refractivity contribution in [2.75, 3.05) is 19.0 Å². The summed E-state index contributed by atoms with van der Waals surface area (Å²) in [5.74, 6) is -0.314. The molecule has 0 aliphatic carbocycles. The molecule has 0 saturated carbocycles. The number of hydrogen-bond acceptors (Lipinski definition) is 4. The van der Waals surface area contributed by atoms with Gasteiger partial charge in [-0.05, 0) is 50.6 Å². The first-order valence-electron chi connectivity index (χ1n) is 12.1. The van der Waals surface area contributed by atoms with Crippen LogP contribution < -0.4 is 10.6 Å². The van der Waals surface area contributed by atoms with E-state index >= 15 is 0 Å². The van der Waals surface area contributed by atoms with E-state index in [1.807, 2.05) is 72.5 Å². The second-order valence-electron chi connectivity index (χ2n) is 9.91. The van der Waals surface area contributed by atoms with E-state index in [9.17, 15) is 9.59 Å². The molecule has 2 aromatic carbocycles. The molecule has 0 fully saturated rings. The Labute approximate surface area is 211 Å². The Kier molecular flexibility index (Phi) is 7.35. The highest BCUT2D eigenvalue weighted by Gasteiger charge is 2.26. The van der Waals surface area contributed by atoms with Crippen LogP contribution in [0.25, 0.3) is 21.8 Å². The molecule has 2 aromatic heterocycles. The maximum Gasteiger partial charge on any atom is 0.408 e. The van der Waals surface area contributed by atoms with E-state index in [-0.39, 0.29) is 5.91 Å². The first kappa shape index (κ1) is 25.3. The van der Waals surface area contributed by atoms with Crippen LogP contribution in [0.15, 0.2) is 60.9 Å². The summed E-state index contributed by atoms with van der Waals surface area (Å²) in [5.41, 5.74) is 3.03. The number of methoxy groups -OCH3 is 1. The lowest BCUT2D eigenvalue weighted by Gasteiger charge is -2.23. The number of fused-ring (bicyclic) bond motifs is 2. The number of amides is 2. The number of carbonyl (C=O) groups excluding carboxylic acids is 2. The average molecular weight is 491 g/mol. The van der Waals surface area contributed by atoms with Gasteiger partial charge in [0.05, 0.1) is 17.8 Å². The fourth-order valence-electron chi connectivity index (χ4n) is 4.40. The molecule has 0 aliphatic rings. The van der Waals surface area contributed by atoms with Crippen molar-refractivity contribution in [2.24, 2.45) is 7.05 Å². The summed E-state index contributed by atoms with van der Waals surface area (Å²) in [6.45, 7) is 6.68. The topological polar surface area (TPSA) is 86.5 Å². The van der Waals surface area contributed by atoms with Gasteiger partial charge in [-0.3, -0.25) is 4.79 Å². The molecule has 8 nitrogen and oxygen atoms in total. The second-order valence-corrected chi connectivity index (χ2v) is 9.91. The Bertz CT molecular complexity index is 1380. The number of nitrogens with one attached hydrogen (secondary N) is 2. The van der Waals surface area contributed by atoms with Crippen LogP contribution in [-0.4, -0.2) is 46.5 Å². The molecule has 190 valence electrons. The Balaban J connectivity index is 1.62. The van der Waals surface area contributed by atoms with Gasteiger partial charge in [-0.1, -0.05) is 24.3 Å². The standard InChI is InChI=1S/C28H34N4O4/c1-28(2,3)36-27(34)30-23(17-19-18-31(4)24-11-7-6-9-20(19)24)26(33)29-22-10-8-12-25-21(22)13-14-32(25)15-16-35-5/h6-14,18,23H,15-17H2,1-5H3,(H,29,33)(H,30,34)/t23-/m1/s1. The third-order valence-electron chi connectivity index (χ3n) is 6.02. The number of alkyl carbamates (subject to hydrolysis) is 1. The number of rotatable bonds is 8. The highest BCUT2D eigenvalue weighted by molar-refractivity contribution is 6.04. The maximum absolute atomic E-state index is 13.6. The smallest absolute Gasteiger partial charge is 0.408 e. The number of hydrogen-bond donors (Lipinski definition) is 2. The van der Waals surface area contributed by atoms with Crippen LogP contribution >= 0.6 is 0 Å². The highest BCUT2D eigenvalue weighted by Crippen LogP contribution is 2.26. The zero-order chi connectivity index (χ0) is 25.9. The van der Waals surface area contributed by atoms with Crippen LogP contribution in [0.2, 0.25) is 0 Å². The van der Waals surface area contributed by atoms with E-state index in [0.29, 0.717) is 25.3 Å². The van der Waals surface area contributed by atoms with Crippen molar-refractivity contribution in [3.05, 3.63) is 66.5 Å². The number of nitrogens with zero attached hydrogens (tertiary/aromatic N) is 2. The molecule has 0 unspecified atom stereocenters. The van der Waals surface area contributed by atoms with Crippen molar-refractivity contribution in [2.45, 2.75) is 45.4 Å². The fraction of sp³-hybridized carbons (Fsp3) is 0.357. The molecule has 0 saturated heterocycles. The number of aryl methyl sites for hydroxylation is 1. The third-order valence-corrected chi connectivity index (χ3v) is 6.02. The Morgan fingerprint density at radius 3 is 2.50 bits per heavy atom. The third kappa shape index (κ3) is 5.71. The van der Waals surface area contributed by atoms with Crippen LogP contribution in [0.1, 0.15) is 26.3 Å². The summed E-state index contributed by atoms with van der Waals surface area (Å²) in [4.78, 5) is 26.2. The number of ether oxygens (including phenoxy) is 2. The monoisotopic (exact) mass is 490 g/mol. The molecule has 2 amide bonds. The first-order chi connectivity index (χ1) is 17.2. The lowest BCUT2D eigenvalue weighted by molar-refractivity contribution is -0.118. The number of aromatic nitrogens is 2. The summed E-state index contributed by atoms with van der Waals surface area (Å²) < 4.78 is 14.8. The van der Waals surface area contributed by atoms with Gasteiger partial charge < -0.3 is 29.2 Å². The minimum atomic E-state index is -0.837. The molecule has 0 radical (unpaired) electrons. The number of para-hydroxylation sites is 1. The van der Waals surface area contributed by atoms with Gasteiger partial charge in [0.25, 0.3) is 0 Å². The highest BCUT2D eigenvalue weighted by atomic mass is 16.6. The quantitative estimate of drug-likeness (QED) is 0.370. The Morgan fingerprint density at radius 2 is 1.75 bits per heavy atom. The lowest BCUT2D eigenvalue weighted by Crippen LogP contribution is -2.47. The van der Waals surface area contributed by atoms with Crippen LogP contribution in [0.5, 0.6) is 0 Å². The van der Waals surface area contributed by atoms with Crippen LogP contribution in [0, 0.1) is 0 Å². The van der Waals surface area contributed by atoms with E-state index in [0.717, 1.165) is 27.4 Å². The molecule has 36 heavy (non-hydrogen) atoms. The maximum atomic E-state index is 13.6. The fourth-order valence-corrected chi connectivity index (χ4v) is 4.40. The van der Waals surface area contributed by atoms with Gasteiger partial charge >= 0.3 is 6.09 Å². The summed E-state index contributed by atoms with van der Waals surface area (Å²) in [6.07, 6.45) is 3.66. The zero-order valence-electron chi connectivity index (χ0n) is 21.5. The van der Waals surface area contributed by atoms with Gasteiger partial charge in [0.15, 0.2) is 0 Å². The average Bonchev–Trinajstić information content (AvgIpc) is 3.38. The van der Waals surface area contributed by atoms with Crippen molar-refractivity contribution in [1.29, 1.82) is 0 Å². The lowest BCUT2D eigenvalue weighted by atomic mass is 10.0. The Morgan fingerprint density at radius 1 is 1.00 bits per heavy atom. The molecule has 1 atom stereocenters. The van der Waals surface area contributed by atoms with Crippen LogP contribution in [0.3, 0.4) is 0 Å². The minimum absolute atomic E-state index is 0.314. The van der Waals surface area contributed by atoms with Gasteiger partial charge in [0, 0.05) is 55.8 Å². The predicted molar refractivity (Wildman–Crippen MR) is 142 cm³/mol. The van der Waals surface area contributed by atoms with E-state index in [1.54, 1.807) is 27.9 Å². The van der Waals surface area contributed by atoms with Crippen molar-refractivity contribution in [3.8, 4) is 0 Å². The molecule has 8 heteroatoms. The number of carbonyl (C=O) groups is 2. The molecule has 2 N–H and O–H groups in total. The first-order valence-corrected chi connectivity index (χ1v) is 12.1. The predicted octanol–water partition coefficient (Wildman–Crippen LogP) is 4.85. The van der Waals surface area contributed by atoms with Crippen molar-refractivity contribution in [3.63, 3.8) is 0 Å². The van der Waals surface area contributed by atoms with Crippen molar-refractivity contribution in [1.82, 2.24) is 14.5 Å². The number of benzene rings is 2. The van der Waals surface area contributed by atoms with Gasteiger partial charge in [-0.25, -0.2) is 4.79 Å². The van der Waals surface area contributed by atoms with Gasteiger partial charge in [-0.15, -0.1) is 0 Å². The van der Waals surface area contributed by atoms with Crippen molar-refractivity contribution < 1.29 is 19.1 Å². The summed E-state index contributed by atoms with van der Waals surface area (Å²) >= 11 is 0. The van der Waals surface area contributed by atoms with E-state index in [2.05, 4.69) is 15.2 Å². The molecule has 0 spiro atoms. The van der Waals surface area contributed by atoms with Gasteiger partial charge in [-0.2, -0.15) is 0 Å². The second kappa shape index (κ2) is 10.5. The zero-order valence-corrected chi connectivity index (χ0v) is 21.5.